The molecule has 0 amide bonds. The van der Waals surface area contributed by atoms with Crippen LogP contribution in [0.3, 0.4) is 0 Å². The third-order valence-electron chi connectivity index (χ3n) is 2.19. The molecule has 0 aliphatic carbocycles. The maximum absolute atomic E-state index is 11.2. The van der Waals surface area contributed by atoms with Crippen molar-refractivity contribution >= 4 is 5.97 Å². The topological polar surface area (TPSA) is 46.5 Å². The zero-order valence-electron chi connectivity index (χ0n) is 8.54. The summed E-state index contributed by atoms with van der Waals surface area (Å²) in [5.41, 5.74) is -0.836. The molecule has 0 aromatic rings. The molecule has 0 heterocycles. The number of esters is 1. The first-order valence-corrected chi connectivity index (χ1v) is 4.34. The fourth-order valence-corrected chi connectivity index (χ4v) is 1.04. The van der Waals surface area contributed by atoms with Crippen molar-refractivity contribution in [3.05, 3.63) is 12.7 Å². The molecule has 0 aliphatic rings. The highest BCUT2D eigenvalue weighted by Gasteiger charge is 2.36. The van der Waals surface area contributed by atoms with Crippen LogP contribution in [0.4, 0.5) is 0 Å². The third kappa shape index (κ3) is 3.19. The predicted molar refractivity (Wildman–Crippen MR) is 51.2 cm³/mol. The number of carbonyl (C=O) groups excluding carboxylic acids is 1. The lowest BCUT2D eigenvalue weighted by Gasteiger charge is -2.27. The first-order valence-electron chi connectivity index (χ1n) is 4.34. The molecule has 0 fully saturated rings. The fourth-order valence-electron chi connectivity index (χ4n) is 1.04. The summed E-state index contributed by atoms with van der Waals surface area (Å²) in [6.07, 6.45) is 2.27. The molecule has 0 rings (SSSR count). The molecule has 3 heteroatoms. The van der Waals surface area contributed by atoms with E-state index in [4.69, 9.17) is 0 Å². The van der Waals surface area contributed by atoms with Gasteiger partial charge >= 0.3 is 5.97 Å². The van der Waals surface area contributed by atoms with Gasteiger partial charge in [-0.05, 0) is 26.7 Å². The van der Waals surface area contributed by atoms with Crippen molar-refractivity contribution in [2.24, 2.45) is 5.41 Å². The van der Waals surface area contributed by atoms with Crippen LogP contribution in [0.5, 0.6) is 0 Å². The minimum Gasteiger partial charge on any atom is -0.469 e. The number of ether oxygens (including phenoxy) is 1. The summed E-state index contributed by atoms with van der Waals surface area (Å²) >= 11 is 0. The summed E-state index contributed by atoms with van der Waals surface area (Å²) in [7, 11) is 1.32. The molecule has 0 bridgehead atoms. The lowest BCUT2D eigenvalue weighted by atomic mass is 9.84. The summed E-state index contributed by atoms with van der Waals surface area (Å²) in [6.45, 7) is 6.90. The number of methoxy groups -OCH3 is 1. The first-order chi connectivity index (χ1) is 5.96. The summed E-state index contributed by atoms with van der Waals surface area (Å²) < 4.78 is 4.59. The average Bonchev–Trinajstić information content (AvgIpc) is 2.12. The number of hydrogen-bond acceptors (Lipinski definition) is 3. The largest absolute Gasteiger partial charge is 0.469 e. The molecule has 0 radical (unpaired) electrons. The minimum atomic E-state index is -0.836. The molecule has 0 aliphatic heterocycles. The van der Waals surface area contributed by atoms with E-state index in [1.165, 1.54) is 7.11 Å². The van der Waals surface area contributed by atoms with E-state index < -0.39 is 11.5 Å². The van der Waals surface area contributed by atoms with Gasteiger partial charge in [0.25, 0.3) is 0 Å². The van der Waals surface area contributed by atoms with Crippen LogP contribution >= 0.6 is 0 Å². The molecule has 0 aromatic heterocycles. The van der Waals surface area contributed by atoms with Gasteiger partial charge in [0.05, 0.1) is 18.6 Å². The molecule has 1 unspecified atom stereocenters. The minimum absolute atomic E-state index is 0.385. The summed E-state index contributed by atoms with van der Waals surface area (Å²) in [6, 6.07) is 0. The van der Waals surface area contributed by atoms with Crippen LogP contribution in [-0.4, -0.2) is 24.3 Å². The van der Waals surface area contributed by atoms with E-state index in [0.29, 0.717) is 12.8 Å². The number of rotatable bonds is 5. The molecule has 76 valence electrons. The highest BCUT2D eigenvalue weighted by atomic mass is 16.5. The van der Waals surface area contributed by atoms with Crippen LogP contribution in [-0.2, 0) is 9.53 Å². The Balaban J connectivity index is 4.25. The lowest BCUT2D eigenvalue weighted by molar-refractivity contribution is -0.157. The highest BCUT2D eigenvalue weighted by molar-refractivity contribution is 5.76. The normalized spacial score (nSPS) is 13.5. The number of aliphatic hydroxyl groups excluding tert-OH is 1. The highest BCUT2D eigenvalue weighted by Crippen LogP contribution is 2.25. The van der Waals surface area contributed by atoms with Gasteiger partial charge in [-0.1, -0.05) is 6.08 Å². The summed E-state index contributed by atoms with van der Waals surface area (Å²) in [4.78, 5) is 11.2. The van der Waals surface area contributed by atoms with Crippen LogP contribution in [0.1, 0.15) is 26.7 Å². The maximum atomic E-state index is 11.2. The fraction of sp³-hybridized carbons (Fsp3) is 0.700. The van der Waals surface area contributed by atoms with E-state index in [9.17, 15) is 9.90 Å². The number of carbonyl (C=O) groups is 1. The Hall–Kier alpha value is -0.830. The van der Waals surface area contributed by atoms with Crippen molar-refractivity contribution in [2.45, 2.75) is 32.8 Å². The smallest absolute Gasteiger partial charge is 0.313 e. The zero-order valence-corrected chi connectivity index (χ0v) is 8.54. The van der Waals surface area contributed by atoms with Gasteiger partial charge in [0, 0.05) is 0 Å². The van der Waals surface area contributed by atoms with Crippen LogP contribution in [0.15, 0.2) is 12.7 Å². The molecule has 3 nitrogen and oxygen atoms in total. The van der Waals surface area contributed by atoms with E-state index in [1.807, 2.05) is 0 Å². The van der Waals surface area contributed by atoms with Gasteiger partial charge < -0.3 is 9.84 Å². The molecule has 13 heavy (non-hydrogen) atoms. The SMILES string of the molecule is C=CCCC(O)C(C)(C)C(=O)OC. The van der Waals surface area contributed by atoms with Crippen molar-refractivity contribution in [3.63, 3.8) is 0 Å². The van der Waals surface area contributed by atoms with E-state index in [0.717, 1.165) is 0 Å². The van der Waals surface area contributed by atoms with Crippen LogP contribution < -0.4 is 0 Å². The van der Waals surface area contributed by atoms with Gasteiger partial charge in [-0.15, -0.1) is 6.58 Å². The van der Waals surface area contributed by atoms with Gasteiger partial charge in [-0.3, -0.25) is 4.79 Å². The van der Waals surface area contributed by atoms with Gasteiger partial charge in [0.1, 0.15) is 0 Å². The van der Waals surface area contributed by atoms with Gasteiger partial charge in [-0.2, -0.15) is 0 Å². The molecule has 1 atom stereocenters. The van der Waals surface area contributed by atoms with Crippen molar-refractivity contribution in [1.29, 1.82) is 0 Å². The summed E-state index contributed by atoms with van der Waals surface area (Å²) in [5, 5.41) is 9.66. The van der Waals surface area contributed by atoms with E-state index >= 15 is 0 Å². The molecule has 0 saturated heterocycles. The van der Waals surface area contributed by atoms with Crippen molar-refractivity contribution < 1.29 is 14.6 Å². The molecular weight excluding hydrogens is 168 g/mol. The van der Waals surface area contributed by atoms with E-state index in [2.05, 4.69) is 11.3 Å². The Kier molecular flexibility index (Phi) is 4.70. The van der Waals surface area contributed by atoms with E-state index in [-0.39, 0.29) is 5.97 Å². The van der Waals surface area contributed by atoms with Crippen molar-refractivity contribution in [1.82, 2.24) is 0 Å². The molecule has 1 N–H and O–H groups in total. The quantitative estimate of drug-likeness (QED) is 0.523. The number of allylic oxidation sites excluding steroid dienone is 1. The molecular formula is C10H18O3. The summed E-state index contributed by atoms with van der Waals surface area (Å²) in [5.74, 6) is -0.385. The predicted octanol–water partition coefficient (Wildman–Crippen LogP) is 1.51. The van der Waals surface area contributed by atoms with Crippen LogP contribution in [0.25, 0.3) is 0 Å². The van der Waals surface area contributed by atoms with Crippen molar-refractivity contribution in [2.75, 3.05) is 7.11 Å². The zero-order chi connectivity index (χ0) is 10.5. The second-order valence-corrected chi connectivity index (χ2v) is 3.60. The van der Waals surface area contributed by atoms with Crippen LogP contribution in [0.2, 0.25) is 0 Å². The Bertz CT molecular complexity index is 185. The molecule has 0 saturated carbocycles. The first kappa shape index (κ1) is 12.2. The Labute approximate surface area is 79.4 Å². The maximum Gasteiger partial charge on any atom is 0.313 e. The Morgan fingerprint density at radius 2 is 2.23 bits per heavy atom. The van der Waals surface area contributed by atoms with Gasteiger partial charge in [0.2, 0.25) is 0 Å². The van der Waals surface area contributed by atoms with Crippen LogP contribution in [0, 0.1) is 5.41 Å². The Morgan fingerprint density at radius 1 is 1.69 bits per heavy atom. The molecule has 0 aromatic carbocycles. The second kappa shape index (κ2) is 5.02. The monoisotopic (exact) mass is 186 g/mol. The van der Waals surface area contributed by atoms with Gasteiger partial charge in [-0.25, -0.2) is 0 Å². The lowest BCUT2D eigenvalue weighted by Crippen LogP contribution is -2.37. The van der Waals surface area contributed by atoms with Crippen molar-refractivity contribution in [3.8, 4) is 0 Å². The number of hydrogen-bond donors (Lipinski definition) is 1. The average molecular weight is 186 g/mol. The molecule has 0 spiro atoms. The van der Waals surface area contributed by atoms with Gasteiger partial charge in [0.15, 0.2) is 0 Å². The number of aliphatic hydroxyl groups is 1. The Morgan fingerprint density at radius 3 is 2.62 bits per heavy atom. The third-order valence-corrected chi connectivity index (χ3v) is 2.19. The van der Waals surface area contributed by atoms with E-state index in [1.54, 1.807) is 19.9 Å². The second-order valence-electron chi connectivity index (χ2n) is 3.60. The standard InChI is InChI=1S/C10H18O3/c1-5-6-7-8(11)10(2,3)9(12)13-4/h5,8,11H,1,6-7H2,2-4H3.